The van der Waals surface area contributed by atoms with Crippen LogP contribution >= 0.6 is 15.9 Å². The van der Waals surface area contributed by atoms with E-state index < -0.39 is 29.2 Å². The Morgan fingerprint density at radius 3 is 2.07 bits per heavy atom. The van der Waals surface area contributed by atoms with E-state index in [0.29, 0.717) is 0 Å². The number of aliphatic hydroxyl groups excluding tert-OH is 1. The number of Topliss-reactive ketones (excluding diaryl/α,β-unsaturated/α-hetero) is 1. The van der Waals surface area contributed by atoms with Gasteiger partial charge in [-0.2, -0.15) is 0 Å². The van der Waals surface area contributed by atoms with Crippen molar-refractivity contribution >= 4 is 27.7 Å². The molecule has 2 N–H and O–H groups in total. The molecule has 0 aliphatic carbocycles. The smallest absolute Gasteiger partial charge is 0.314 e. The number of hydrogen-bond donors (Lipinski definition) is 2. The van der Waals surface area contributed by atoms with E-state index in [1.165, 1.54) is 0 Å². The van der Waals surface area contributed by atoms with Gasteiger partial charge in [0.1, 0.15) is 11.7 Å². The molecule has 0 amide bonds. The highest BCUT2D eigenvalue weighted by molar-refractivity contribution is 9.09. The van der Waals surface area contributed by atoms with Crippen LogP contribution in [0.2, 0.25) is 0 Å². The minimum absolute atomic E-state index is 0.126. The molecule has 0 bridgehead atoms. The Balaban J connectivity index is 4.66. The third-order valence-corrected chi connectivity index (χ3v) is 2.80. The Morgan fingerprint density at radius 2 is 1.80 bits per heavy atom. The summed E-state index contributed by atoms with van der Waals surface area (Å²) in [6.07, 6.45) is -0.943. The van der Waals surface area contributed by atoms with Crippen molar-refractivity contribution in [2.75, 3.05) is 5.33 Å². The molecule has 0 saturated heterocycles. The van der Waals surface area contributed by atoms with Gasteiger partial charge in [0.15, 0.2) is 0 Å². The van der Waals surface area contributed by atoms with E-state index in [1.807, 2.05) is 0 Å². The third kappa shape index (κ3) is 4.75. The van der Waals surface area contributed by atoms with E-state index in [-0.39, 0.29) is 11.8 Å². The topological polar surface area (TPSA) is 74.6 Å². The second kappa shape index (κ2) is 5.61. The van der Waals surface area contributed by atoms with Gasteiger partial charge >= 0.3 is 5.97 Å². The first-order valence-electron chi connectivity index (χ1n) is 4.69. The second-order valence-electron chi connectivity index (χ2n) is 4.62. The van der Waals surface area contributed by atoms with Crippen molar-refractivity contribution in [3.05, 3.63) is 0 Å². The fourth-order valence-electron chi connectivity index (χ4n) is 1.40. The SMILES string of the molecule is CC(C)(C)C(C(=O)O)C(=O)CC(O)CBr. The number of aliphatic carboxylic acids is 1. The minimum atomic E-state index is -1.13. The summed E-state index contributed by atoms with van der Waals surface area (Å²) in [5, 5.41) is 18.5. The fraction of sp³-hybridized carbons (Fsp3) is 0.800. The number of carbonyl (C=O) groups excluding carboxylic acids is 1. The number of halogens is 1. The molecule has 0 fully saturated rings. The molecule has 2 atom stereocenters. The first-order valence-corrected chi connectivity index (χ1v) is 5.81. The molecule has 0 aliphatic heterocycles. The fourth-order valence-corrected chi connectivity index (χ4v) is 1.62. The Kier molecular flexibility index (Phi) is 5.45. The van der Waals surface area contributed by atoms with E-state index in [0.717, 1.165) is 0 Å². The zero-order valence-electron chi connectivity index (χ0n) is 9.16. The molecule has 2 unspecified atom stereocenters. The number of carbonyl (C=O) groups is 2. The maximum atomic E-state index is 11.6. The molecule has 0 radical (unpaired) electrons. The van der Waals surface area contributed by atoms with Gasteiger partial charge < -0.3 is 10.2 Å². The lowest BCUT2D eigenvalue weighted by molar-refractivity contribution is -0.151. The maximum absolute atomic E-state index is 11.6. The van der Waals surface area contributed by atoms with Gasteiger partial charge in [0, 0.05) is 11.8 Å². The van der Waals surface area contributed by atoms with E-state index >= 15 is 0 Å². The number of hydrogen-bond acceptors (Lipinski definition) is 3. The largest absolute Gasteiger partial charge is 0.481 e. The molecule has 0 aliphatic rings. The molecule has 4 nitrogen and oxygen atoms in total. The van der Waals surface area contributed by atoms with Crippen LogP contribution in [0.4, 0.5) is 0 Å². The van der Waals surface area contributed by atoms with Gasteiger partial charge in [0.05, 0.1) is 6.10 Å². The number of aliphatic hydroxyl groups is 1. The first kappa shape index (κ1) is 14.6. The third-order valence-electron chi connectivity index (χ3n) is 2.05. The number of rotatable bonds is 5. The number of ketones is 1. The van der Waals surface area contributed by atoms with Crippen molar-refractivity contribution in [1.29, 1.82) is 0 Å². The van der Waals surface area contributed by atoms with E-state index in [1.54, 1.807) is 20.8 Å². The Labute approximate surface area is 97.8 Å². The van der Waals surface area contributed by atoms with Crippen molar-refractivity contribution in [3.8, 4) is 0 Å². The average Bonchev–Trinajstić information content (AvgIpc) is 1.99. The minimum Gasteiger partial charge on any atom is -0.481 e. The molecule has 0 rings (SSSR count). The molecule has 88 valence electrons. The molecule has 5 heteroatoms. The number of alkyl halides is 1. The van der Waals surface area contributed by atoms with Gasteiger partial charge in [-0.15, -0.1) is 0 Å². The summed E-state index contributed by atoms with van der Waals surface area (Å²) < 4.78 is 0. The summed E-state index contributed by atoms with van der Waals surface area (Å²) in [5.74, 6) is -2.62. The molecule has 0 aromatic carbocycles. The Bertz CT molecular complexity index is 244. The lowest BCUT2D eigenvalue weighted by Gasteiger charge is -2.26. The van der Waals surface area contributed by atoms with Crippen LogP contribution in [0.5, 0.6) is 0 Å². The summed E-state index contributed by atoms with van der Waals surface area (Å²) in [7, 11) is 0. The zero-order chi connectivity index (χ0) is 12.2. The first-order chi connectivity index (χ1) is 6.70. The molecule has 15 heavy (non-hydrogen) atoms. The van der Waals surface area contributed by atoms with Crippen molar-refractivity contribution in [2.45, 2.75) is 33.3 Å². The molecular formula is C10H17BrO4. The lowest BCUT2D eigenvalue weighted by atomic mass is 9.77. The predicted octanol–water partition coefficient (Wildman–Crippen LogP) is 1.45. The summed E-state index contributed by atoms with van der Waals surface area (Å²) in [6, 6.07) is 0. The standard InChI is InChI=1S/C10H17BrO4/c1-10(2,3)8(9(14)15)7(13)4-6(12)5-11/h6,8,12H,4-5H2,1-3H3,(H,14,15). The predicted molar refractivity (Wildman–Crippen MR) is 60.0 cm³/mol. The van der Waals surface area contributed by atoms with Crippen LogP contribution in [0.15, 0.2) is 0 Å². The normalized spacial score (nSPS) is 15.8. The summed E-state index contributed by atoms with van der Waals surface area (Å²) >= 11 is 3.03. The Morgan fingerprint density at radius 1 is 1.33 bits per heavy atom. The molecule has 0 aromatic rings. The zero-order valence-corrected chi connectivity index (χ0v) is 10.7. The van der Waals surface area contributed by atoms with Crippen molar-refractivity contribution < 1.29 is 19.8 Å². The molecule has 0 aromatic heterocycles. The van der Waals surface area contributed by atoms with Gasteiger partial charge in [-0.3, -0.25) is 9.59 Å². The quantitative estimate of drug-likeness (QED) is 0.591. The highest BCUT2D eigenvalue weighted by Crippen LogP contribution is 2.28. The number of carboxylic acids is 1. The molecule has 0 spiro atoms. The van der Waals surface area contributed by atoms with Crippen LogP contribution in [-0.4, -0.2) is 33.4 Å². The lowest BCUT2D eigenvalue weighted by Crippen LogP contribution is -2.37. The highest BCUT2D eigenvalue weighted by atomic mass is 79.9. The van der Waals surface area contributed by atoms with Crippen LogP contribution in [0.3, 0.4) is 0 Å². The molecule has 0 saturated carbocycles. The van der Waals surface area contributed by atoms with Crippen molar-refractivity contribution in [1.82, 2.24) is 0 Å². The van der Waals surface area contributed by atoms with Crippen LogP contribution in [0.1, 0.15) is 27.2 Å². The average molecular weight is 281 g/mol. The van der Waals surface area contributed by atoms with Crippen LogP contribution < -0.4 is 0 Å². The van der Waals surface area contributed by atoms with Crippen molar-refractivity contribution in [3.63, 3.8) is 0 Å². The monoisotopic (exact) mass is 280 g/mol. The maximum Gasteiger partial charge on any atom is 0.314 e. The van der Waals surface area contributed by atoms with Crippen LogP contribution in [-0.2, 0) is 9.59 Å². The van der Waals surface area contributed by atoms with E-state index in [4.69, 9.17) is 5.11 Å². The Hall–Kier alpha value is -0.420. The number of carboxylic acid groups (broad SMARTS) is 1. The van der Waals surface area contributed by atoms with E-state index in [9.17, 15) is 14.7 Å². The van der Waals surface area contributed by atoms with Gasteiger partial charge in [-0.05, 0) is 5.41 Å². The summed E-state index contributed by atoms with van der Waals surface area (Å²) in [4.78, 5) is 22.6. The van der Waals surface area contributed by atoms with Gasteiger partial charge in [0.2, 0.25) is 0 Å². The van der Waals surface area contributed by atoms with Crippen molar-refractivity contribution in [2.24, 2.45) is 11.3 Å². The van der Waals surface area contributed by atoms with Crippen LogP contribution in [0.25, 0.3) is 0 Å². The summed E-state index contributed by atoms with van der Waals surface area (Å²) in [6.45, 7) is 5.10. The highest BCUT2D eigenvalue weighted by Gasteiger charge is 2.37. The van der Waals surface area contributed by atoms with Gasteiger partial charge in [-0.1, -0.05) is 36.7 Å². The summed E-state index contributed by atoms with van der Waals surface area (Å²) in [5.41, 5.74) is -0.630. The van der Waals surface area contributed by atoms with E-state index in [2.05, 4.69) is 15.9 Å². The van der Waals surface area contributed by atoms with Gasteiger partial charge in [-0.25, -0.2) is 0 Å². The van der Waals surface area contributed by atoms with Crippen LogP contribution in [0, 0.1) is 11.3 Å². The second-order valence-corrected chi connectivity index (χ2v) is 5.26. The molecular weight excluding hydrogens is 264 g/mol. The molecule has 0 heterocycles. The van der Waals surface area contributed by atoms with Gasteiger partial charge in [0.25, 0.3) is 0 Å².